The third kappa shape index (κ3) is 506. The maximum atomic E-state index is 11.9. The molecule has 222 valence electrons. The number of rotatable bonds is 4. The summed E-state index contributed by atoms with van der Waals surface area (Å²) in [5, 5.41) is 0. The second kappa shape index (κ2) is 21.4. The average molecular weight is 670 g/mol. The molecule has 0 radical (unpaired) electrons. The summed E-state index contributed by atoms with van der Waals surface area (Å²) in [6.07, 6.45) is 0.918. The van der Waals surface area contributed by atoms with Crippen LogP contribution in [0.3, 0.4) is 0 Å². The van der Waals surface area contributed by atoms with E-state index in [1.807, 2.05) is 6.92 Å². The first-order valence-corrected chi connectivity index (χ1v) is 15.9. The molecule has 0 fully saturated rings. The van der Waals surface area contributed by atoms with E-state index in [2.05, 4.69) is 4.52 Å². The minimum Gasteiger partial charge on any atom is -0.299 e. The lowest BCUT2D eigenvalue weighted by atomic mass is 10.2. The van der Waals surface area contributed by atoms with Crippen LogP contribution in [0.2, 0.25) is 0 Å². The molecule has 0 aliphatic heterocycles. The summed E-state index contributed by atoms with van der Waals surface area (Å²) in [4.78, 5) is 77.7. The predicted octanol–water partition coefficient (Wildman–Crippen LogP) is 2.50. The smallest absolute Gasteiger partial charge is 0.299 e. The molecule has 0 aromatic carbocycles. The monoisotopic (exact) mass is 670 g/mol. The summed E-state index contributed by atoms with van der Waals surface area (Å²) in [5.41, 5.74) is 0. The van der Waals surface area contributed by atoms with E-state index in [9.17, 15) is 29.7 Å². The van der Waals surface area contributed by atoms with Crippen molar-refractivity contribution >= 4 is 47.4 Å². The molecule has 0 saturated carbocycles. The predicted molar refractivity (Wildman–Crippen MR) is 102 cm³/mol. The molecular weight excluding hydrogens is 648 g/mol. The second-order valence-electron chi connectivity index (χ2n) is 4.52. The van der Waals surface area contributed by atoms with Gasteiger partial charge in [-0.25, -0.2) is 27.4 Å². The van der Waals surface area contributed by atoms with Gasteiger partial charge in [-0.15, -0.1) is 25.2 Å². The van der Waals surface area contributed by atoms with Crippen LogP contribution in [0.15, 0.2) is 0 Å². The van der Waals surface area contributed by atoms with E-state index in [1.54, 1.807) is 6.92 Å². The third-order valence-corrected chi connectivity index (χ3v) is 1.63. The van der Waals surface area contributed by atoms with E-state index in [4.69, 9.17) is 76.7 Å². The Labute approximate surface area is 192 Å². The molecule has 0 bridgehead atoms. The topological polar surface area (TPSA) is 334 Å². The molecule has 2 unspecified atom stereocenters. The summed E-state index contributed by atoms with van der Waals surface area (Å²) >= 11 is 0. The Morgan fingerprint density at radius 1 is 0.543 bits per heavy atom. The van der Waals surface area contributed by atoms with Crippen molar-refractivity contribution in [2.45, 2.75) is 32.8 Å². The molecule has 30 heteroatoms. The van der Waals surface area contributed by atoms with Crippen LogP contribution in [0, 0.1) is 0 Å². The summed E-state index contributed by atoms with van der Waals surface area (Å²) in [5.74, 6) is 0. The number of hydrogen-bond acceptors (Lipinski definition) is 7. The zero-order valence-electron chi connectivity index (χ0n) is 16.7. The Morgan fingerprint density at radius 2 is 0.686 bits per heavy atom. The highest BCUT2D eigenvalue weighted by atomic mass is 31.2. The molecule has 0 aromatic rings. The summed E-state index contributed by atoms with van der Waals surface area (Å²) in [6.45, 7) is 3.45. The maximum absolute atomic E-state index is 11.9. The van der Waals surface area contributed by atoms with Gasteiger partial charge in [0.05, 0.1) is 6.10 Å². The summed E-state index contributed by atoms with van der Waals surface area (Å²) < 4.78 is 121. The molecule has 0 aliphatic rings. The van der Waals surface area contributed by atoms with Crippen molar-refractivity contribution in [1.82, 2.24) is 0 Å². The van der Waals surface area contributed by atoms with E-state index in [0.29, 0.717) is 6.42 Å². The highest BCUT2D eigenvalue weighted by Crippen LogP contribution is 2.45. The van der Waals surface area contributed by atoms with Gasteiger partial charge in [-0.05, 0) is 13.3 Å². The summed E-state index contributed by atoms with van der Waals surface area (Å²) in [7, 11) is -30.4. The Balaban J connectivity index is -0.0000000744. The van der Waals surface area contributed by atoms with Gasteiger partial charge in [-0.3, -0.25) is 58.4 Å². The Hall–Kier alpha value is 0.480. The van der Waals surface area contributed by atoms with Crippen LogP contribution in [-0.2, 0) is 31.9 Å². The van der Waals surface area contributed by atoms with Crippen LogP contribution in [0.1, 0.15) is 26.7 Å². The Kier molecular flexibility index (Phi) is 29.7. The molecule has 0 amide bonds. The standard InChI is InChI=1S/C5H12FO3P.5FH2O3P/c1-3-4-5(2)9-10(6,7)8;5*1-5(2,3)4/h5H,3-4H2,1-2H3,(H,7,8);5*(H2,2,3,4). The maximum Gasteiger partial charge on any atom is 0.510 e. The van der Waals surface area contributed by atoms with Gasteiger partial charge in [0.15, 0.2) is 0 Å². The van der Waals surface area contributed by atoms with Crippen LogP contribution < -0.4 is 0 Å². The lowest BCUT2D eigenvalue weighted by Crippen LogP contribution is -2.03. The van der Waals surface area contributed by atoms with Crippen molar-refractivity contribution in [3.63, 3.8) is 0 Å². The number of hydrogen-bond donors (Lipinski definition) is 11. The van der Waals surface area contributed by atoms with Crippen LogP contribution >= 0.6 is 47.4 Å². The molecule has 2 atom stereocenters. The van der Waals surface area contributed by atoms with Crippen LogP contribution in [0.25, 0.3) is 0 Å². The first-order valence-electron chi connectivity index (χ1n) is 6.92. The first kappa shape index (κ1) is 48.5. The SMILES string of the molecule is CCCC(C)OP(=O)(O)F.O=P(O)(O)F.O=P(O)(O)F.O=P(O)(O)F.O=P(O)(O)F.O=P(O)(O)F. The van der Waals surface area contributed by atoms with Crippen LogP contribution in [0.4, 0.5) is 25.2 Å². The first-order chi connectivity index (χ1) is 14.5. The normalized spacial score (nSPS) is 14.1. The lowest BCUT2D eigenvalue weighted by molar-refractivity contribution is 0.157. The van der Waals surface area contributed by atoms with E-state index in [1.165, 1.54) is 0 Å². The van der Waals surface area contributed by atoms with E-state index >= 15 is 0 Å². The van der Waals surface area contributed by atoms with Gasteiger partial charge in [-0.1, -0.05) is 13.3 Å². The molecule has 0 rings (SSSR count). The van der Waals surface area contributed by atoms with Gasteiger partial charge in [0, 0.05) is 0 Å². The molecule has 0 spiro atoms. The van der Waals surface area contributed by atoms with Crippen molar-refractivity contribution in [3.05, 3.63) is 0 Å². The van der Waals surface area contributed by atoms with Gasteiger partial charge in [-0.2, -0.15) is 0 Å². The molecule has 11 N–H and O–H groups in total. The quantitative estimate of drug-likeness (QED) is 0.151. The highest BCUT2D eigenvalue weighted by molar-refractivity contribution is 7.47. The largest absolute Gasteiger partial charge is 0.510 e. The van der Waals surface area contributed by atoms with Crippen LogP contribution in [-0.4, -0.2) is 59.9 Å². The molecule has 0 heterocycles. The molecule has 0 aliphatic carbocycles. The van der Waals surface area contributed by atoms with Crippen molar-refractivity contribution in [2.24, 2.45) is 0 Å². The fourth-order valence-electron chi connectivity index (χ4n) is 0.681. The Bertz CT molecular complexity index is 630. The van der Waals surface area contributed by atoms with Crippen molar-refractivity contribution in [2.75, 3.05) is 0 Å². The van der Waals surface area contributed by atoms with Gasteiger partial charge in [0.2, 0.25) is 0 Å². The van der Waals surface area contributed by atoms with Gasteiger partial charge in [0.25, 0.3) is 0 Å². The molecule has 0 aromatic heterocycles. The van der Waals surface area contributed by atoms with E-state index < -0.39 is 53.5 Å². The van der Waals surface area contributed by atoms with Gasteiger partial charge >= 0.3 is 47.4 Å². The lowest BCUT2D eigenvalue weighted by Gasteiger charge is -2.09. The molecule has 0 saturated heterocycles. The average Bonchev–Trinajstić information content (AvgIpc) is 2.24. The van der Waals surface area contributed by atoms with Crippen molar-refractivity contribution < 1.29 is 111 Å². The number of halogens is 6. The summed E-state index contributed by atoms with van der Waals surface area (Å²) in [6, 6.07) is 0. The van der Waals surface area contributed by atoms with Crippen molar-refractivity contribution in [3.8, 4) is 0 Å². The van der Waals surface area contributed by atoms with Gasteiger partial charge in [0.1, 0.15) is 0 Å². The van der Waals surface area contributed by atoms with Crippen LogP contribution in [0.5, 0.6) is 0 Å². The molecule has 18 nitrogen and oxygen atoms in total. The fraction of sp³-hybridized carbons (Fsp3) is 1.00. The second-order valence-corrected chi connectivity index (χ2v) is 10.4. The zero-order valence-corrected chi connectivity index (χ0v) is 22.1. The fourth-order valence-corrected chi connectivity index (χ4v) is 1.23. The van der Waals surface area contributed by atoms with Crippen molar-refractivity contribution in [1.29, 1.82) is 0 Å². The highest BCUT2D eigenvalue weighted by Gasteiger charge is 2.20. The Morgan fingerprint density at radius 3 is 0.771 bits per heavy atom. The minimum atomic E-state index is -5.14. The molecular formula is C5H22F6O18P6. The van der Waals surface area contributed by atoms with Gasteiger partial charge < -0.3 is 0 Å². The zero-order chi connectivity index (χ0) is 30.7. The third-order valence-electron chi connectivity index (χ3n) is 1.01. The van der Waals surface area contributed by atoms with E-state index in [0.717, 1.165) is 6.42 Å². The molecule has 35 heavy (non-hydrogen) atoms. The minimum absolute atomic E-state index is 0.481. The van der Waals surface area contributed by atoms with E-state index in [-0.39, 0.29) is 0 Å².